The molecule has 116 valence electrons. The maximum Gasteiger partial charge on any atom is 0.407 e. The van der Waals surface area contributed by atoms with Crippen LogP contribution in [0.2, 0.25) is 0 Å². The molecular formula is C15H22N2O4. The zero-order chi connectivity index (χ0) is 14.9. The molecule has 6 nitrogen and oxygen atoms in total. The first-order chi connectivity index (χ1) is 10.3. The van der Waals surface area contributed by atoms with Crippen molar-refractivity contribution in [3.05, 3.63) is 35.4 Å². The van der Waals surface area contributed by atoms with Crippen LogP contribution in [0.1, 0.15) is 11.1 Å². The van der Waals surface area contributed by atoms with Gasteiger partial charge in [0.05, 0.1) is 19.8 Å². The molecule has 1 aliphatic rings. The Bertz CT molecular complexity index is 430. The second-order valence-electron chi connectivity index (χ2n) is 4.92. The van der Waals surface area contributed by atoms with Gasteiger partial charge < -0.3 is 19.9 Å². The molecule has 0 spiro atoms. The van der Waals surface area contributed by atoms with E-state index in [0.29, 0.717) is 6.54 Å². The quantitative estimate of drug-likeness (QED) is 0.809. The highest BCUT2D eigenvalue weighted by Crippen LogP contribution is 2.09. The lowest BCUT2D eigenvalue weighted by Gasteiger charge is -2.26. The summed E-state index contributed by atoms with van der Waals surface area (Å²) in [5.41, 5.74) is 2.27. The van der Waals surface area contributed by atoms with Crippen molar-refractivity contribution in [1.82, 2.24) is 10.2 Å². The second-order valence-corrected chi connectivity index (χ2v) is 4.92. The number of morpholine rings is 1. The summed E-state index contributed by atoms with van der Waals surface area (Å²) >= 11 is 0. The molecule has 1 heterocycles. The highest BCUT2D eigenvalue weighted by molar-refractivity contribution is 5.67. The van der Waals surface area contributed by atoms with Gasteiger partial charge in [-0.3, -0.25) is 4.90 Å². The van der Waals surface area contributed by atoms with Crippen molar-refractivity contribution in [2.75, 3.05) is 39.5 Å². The molecule has 0 saturated carbocycles. The number of benzene rings is 1. The van der Waals surface area contributed by atoms with Crippen LogP contribution in [0.3, 0.4) is 0 Å². The van der Waals surface area contributed by atoms with Crippen LogP contribution in [0.5, 0.6) is 0 Å². The predicted octanol–water partition coefficient (Wildman–Crippen LogP) is 0.737. The van der Waals surface area contributed by atoms with Crippen molar-refractivity contribution in [3.63, 3.8) is 0 Å². The molecule has 6 heteroatoms. The number of ether oxygens (including phenoxy) is 2. The van der Waals surface area contributed by atoms with Gasteiger partial charge in [0.15, 0.2) is 0 Å². The molecule has 0 aliphatic carbocycles. The van der Waals surface area contributed by atoms with Crippen LogP contribution in [-0.2, 0) is 22.6 Å². The minimum absolute atomic E-state index is 0.0182. The third kappa shape index (κ3) is 5.71. The highest BCUT2D eigenvalue weighted by Gasteiger charge is 2.10. The third-order valence-electron chi connectivity index (χ3n) is 3.29. The lowest BCUT2D eigenvalue weighted by atomic mass is 10.1. The van der Waals surface area contributed by atoms with Gasteiger partial charge >= 0.3 is 6.09 Å². The van der Waals surface area contributed by atoms with Gasteiger partial charge in [-0.15, -0.1) is 0 Å². The fraction of sp³-hybridized carbons (Fsp3) is 0.533. The highest BCUT2D eigenvalue weighted by atomic mass is 16.6. The Labute approximate surface area is 124 Å². The molecule has 1 saturated heterocycles. The normalized spacial score (nSPS) is 15.7. The number of nitrogens with zero attached hydrogens (tertiary/aromatic N) is 1. The van der Waals surface area contributed by atoms with E-state index >= 15 is 0 Å². The Morgan fingerprint density at radius 1 is 1.24 bits per heavy atom. The Morgan fingerprint density at radius 3 is 2.57 bits per heavy atom. The van der Waals surface area contributed by atoms with Crippen molar-refractivity contribution in [1.29, 1.82) is 0 Å². The molecule has 0 bridgehead atoms. The van der Waals surface area contributed by atoms with Gasteiger partial charge in [0.2, 0.25) is 0 Å². The fourth-order valence-corrected chi connectivity index (χ4v) is 2.14. The van der Waals surface area contributed by atoms with Crippen LogP contribution < -0.4 is 5.32 Å². The zero-order valence-electron chi connectivity index (χ0n) is 12.1. The summed E-state index contributed by atoms with van der Waals surface area (Å²) < 4.78 is 10.0. The van der Waals surface area contributed by atoms with E-state index < -0.39 is 6.09 Å². The van der Waals surface area contributed by atoms with Crippen LogP contribution >= 0.6 is 0 Å². The van der Waals surface area contributed by atoms with E-state index in [9.17, 15) is 4.79 Å². The van der Waals surface area contributed by atoms with Crippen LogP contribution in [0.15, 0.2) is 24.3 Å². The Balaban J connectivity index is 1.74. The number of aliphatic hydroxyl groups excluding tert-OH is 1. The summed E-state index contributed by atoms with van der Waals surface area (Å²) in [5.74, 6) is 0. The second kappa shape index (κ2) is 8.61. The van der Waals surface area contributed by atoms with Gasteiger partial charge in [-0.05, 0) is 11.1 Å². The minimum atomic E-state index is -0.513. The first-order valence-corrected chi connectivity index (χ1v) is 7.17. The SMILES string of the molecule is O=C(NCc1ccc(CN2CCOCC2)cc1)OCCO. The number of alkyl carbamates (subject to hydrolysis) is 1. The van der Waals surface area contributed by atoms with E-state index in [1.807, 2.05) is 12.1 Å². The van der Waals surface area contributed by atoms with E-state index in [4.69, 9.17) is 14.6 Å². The molecule has 0 atom stereocenters. The summed E-state index contributed by atoms with van der Waals surface area (Å²) in [6, 6.07) is 8.15. The van der Waals surface area contributed by atoms with E-state index in [2.05, 4.69) is 22.3 Å². The number of rotatable bonds is 6. The average Bonchev–Trinajstić information content (AvgIpc) is 2.53. The van der Waals surface area contributed by atoms with Gasteiger partial charge in [-0.1, -0.05) is 24.3 Å². The summed E-state index contributed by atoms with van der Waals surface area (Å²) in [6.07, 6.45) is -0.513. The number of carbonyl (C=O) groups excluding carboxylic acids is 1. The van der Waals surface area contributed by atoms with Crippen molar-refractivity contribution in [3.8, 4) is 0 Å². The Hall–Kier alpha value is -1.63. The monoisotopic (exact) mass is 294 g/mol. The number of hydrogen-bond acceptors (Lipinski definition) is 5. The molecule has 1 fully saturated rings. The van der Waals surface area contributed by atoms with Crippen molar-refractivity contribution < 1.29 is 19.4 Å². The summed E-state index contributed by atoms with van der Waals surface area (Å²) in [4.78, 5) is 13.6. The van der Waals surface area contributed by atoms with Crippen molar-refractivity contribution >= 4 is 6.09 Å². The molecule has 0 unspecified atom stereocenters. The molecule has 1 aromatic rings. The number of aliphatic hydroxyl groups is 1. The zero-order valence-corrected chi connectivity index (χ0v) is 12.1. The maximum atomic E-state index is 11.2. The van der Waals surface area contributed by atoms with Crippen molar-refractivity contribution in [2.24, 2.45) is 0 Å². The maximum absolute atomic E-state index is 11.2. The fourth-order valence-electron chi connectivity index (χ4n) is 2.14. The largest absolute Gasteiger partial charge is 0.447 e. The number of hydrogen-bond donors (Lipinski definition) is 2. The molecule has 1 aromatic carbocycles. The van der Waals surface area contributed by atoms with Crippen LogP contribution in [0.4, 0.5) is 4.79 Å². The van der Waals surface area contributed by atoms with E-state index in [1.165, 1.54) is 5.56 Å². The van der Waals surface area contributed by atoms with Gasteiger partial charge in [0, 0.05) is 26.2 Å². The van der Waals surface area contributed by atoms with E-state index in [1.54, 1.807) is 0 Å². The standard InChI is InChI=1S/C15H22N2O4/c18-7-10-21-15(19)16-11-13-1-3-14(4-2-13)12-17-5-8-20-9-6-17/h1-4,18H,5-12H2,(H,16,19). The number of carbonyl (C=O) groups is 1. The predicted molar refractivity (Wildman–Crippen MR) is 77.8 cm³/mol. The molecule has 1 aliphatic heterocycles. The summed E-state index contributed by atoms with van der Waals surface area (Å²) in [5, 5.41) is 11.2. The molecule has 0 radical (unpaired) electrons. The third-order valence-corrected chi connectivity index (χ3v) is 3.29. The van der Waals surface area contributed by atoms with Crippen molar-refractivity contribution in [2.45, 2.75) is 13.1 Å². The van der Waals surface area contributed by atoms with E-state index in [0.717, 1.165) is 38.4 Å². The van der Waals surface area contributed by atoms with Crippen LogP contribution in [0, 0.1) is 0 Å². The first kappa shape index (κ1) is 15.8. The van der Waals surface area contributed by atoms with Gasteiger partial charge in [-0.25, -0.2) is 4.79 Å². The van der Waals surface area contributed by atoms with Gasteiger partial charge in [0.25, 0.3) is 0 Å². The lowest BCUT2D eigenvalue weighted by Crippen LogP contribution is -2.35. The molecule has 2 N–H and O–H groups in total. The summed E-state index contributed by atoms with van der Waals surface area (Å²) in [7, 11) is 0. The average molecular weight is 294 g/mol. The molecule has 1 amide bonds. The van der Waals surface area contributed by atoms with Crippen LogP contribution in [-0.4, -0.2) is 55.6 Å². The molecular weight excluding hydrogens is 272 g/mol. The van der Waals surface area contributed by atoms with Gasteiger partial charge in [-0.2, -0.15) is 0 Å². The number of amides is 1. The molecule has 21 heavy (non-hydrogen) atoms. The van der Waals surface area contributed by atoms with Crippen LogP contribution in [0.25, 0.3) is 0 Å². The first-order valence-electron chi connectivity index (χ1n) is 7.17. The number of nitrogens with one attached hydrogen (secondary N) is 1. The topological polar surface area (TPSA) is 71.0 Å². The molecule has 2 rings (SSSR count). The Kier molecular flexibility index (Phi) is 6.46. The molecule has 0 aromatic heterocycles. The summed E-state index contributed by atoms with van der Waals surface area (Å²) in [6.45, 7) is 4.75. The van der Waals surface area contributed by atoms with E-state index in [-0.39, 0.29) is 13.2 Å². The lowest BCUT2D eigenvalue weighted by molar-refractivity contribution is 0.0342. The Morgan fingerprint density at radius 2 is 1.90 bits per heavy atom. The smallest absolute Gasteiger partial charge is 0.407 e. The van der Waals surface area contributed by atoms with Gasteiger partial charge in [0.1, 0.15) is 6.61 Å². The minimum Gasteiger partial charge on any atom is -0.447 e.